The Labute approximate surface area is 114 Å². The Morgan fingerprint density at radius 2 is 1.78 bits per heavy atom. The lowest BCUT2D eigenvalue weighted by atomic mass is 10.0. The molecule has 106 valence electrons. The summed E-state index contributed by atoms with van der Waals surface area (Å²) in [5.41, 5.74) is 1.06. The maximum absolute atomic E-state index is 3.70. The molecular formula is C16H32N2. The van der Waals surface area contributed by atoms with E-state index in [0.29, 0.717) is 16.9 Å². The predicted octanol–water partition coefficient (Wildman–Crippen LogP) is 2.99. The Morgan fingerprint density at radius 3 is 2.28 bits per heavy atom. The van der Waals surface area contributed by atoms with Gasteiger partial charge in [-0.1, -0.05) is 41.5 Å². The standard InChI is InChI=1S/C16H32N2/c1-12(2)13-10-18(9-7-8-17-13)11-14-15(3,4)16(14,5)6/h12-14,17H,7-11H2,1-6H3. The zero-order valence-electron chi connectivity index (χ0n) is 13.2. The fourth-order valence-electron chi connectivity index (χ4n) is 3.68. The maximum Gasteiger partial charge on any atom is 0.0217 e. The van der Waals surface area contributed by atoms with Gasteiger partial charge in [0, 0.05) is 19.1 Å². The van der Waals surface area contributed by atoms with Gasteiger partial charge in [0.15, 0.2) is 0 Å². The van der Waals surface area contributed by atoms with E-state index in [1.807, 2.05) is 0 Å². The summed E-state index contributed by atoms with van der Waals surface area (Å²) in [5.74, 6) is 1.61. The van der Waals surface area contributed by atoms with Crippen LogP contribution in [0.1, 0.15) is 48.0 Å². The molecule has 18 heavy (non-hydrogen) atoms. The average molecular weight is 252 g/mol. The molecule has 2 rings (SSSR count). The second-order valence-electron chi connectivity index (χ2n) is 7.91. The molecule has 2 aliphatic rings. The van der Waals surface area contributed by atoms with Crippen LogP contribution in [0, 0.1) is 22.7 Å². The first-order chi connectivity index (χ1) is 8.26. The van der Waals surface area contributed by atoms with Crippen LogP contribution in [-0.2, 0) is 0 Å². The van der Waals surface area contributed by atoms with Gasteiger partial charge in [-0.2, -0.15) is 0 Å². The van der Waals surface area contributed by atoms with Gasteiger partial charge in [0.25, 0.3) is 0 Å². The molecular weight excluding hydrogens is 220 g/mol. The number of rotatable bonds is 3. The van der Waals surface area contributed by atoms with Crippen LogP contribution in [0.15, 0.2) is 0 Å². The van der Waals surface area contributed by atoms with Crippen molar-refractivity contribution in [2.75, 3.05) is 26.2 Å². The largest absolute Gasteiger partial charge is 0.312 e. The Bertz CT molecular complexity index is 279. The fraction of sp³-hybridized carbons (Fsp3) is 1.00. The van der Waals surface area contributed by atoms with Crippen molar-refractivity contribution >= 4 is 0 Å². The molecule has 1 aliphatic heterocycles. The van der Waals surface area contributed by atoms with Gasteiger partial charge in [-0.05, 0) is 42.2 Å². The third-order valence-electron chi connectivity index (χ3n) is 6.08. The molecule has 0 spiro atoms. The second-order valence-corrected chi connectivity index (χ2v) is 7.91. The minimum Gasteiger partial charge on any atom is -0.312 e. The molecule has 0 radical (unpaired) electrons. The summed E-state index contributed by atoms with van der Waals surface area (Å²) in [5, 5.41) is 3.70. The van der Waals surface area contributed by atoms with E-state index in [-0.39, 0.29) is 0 Å². The summed E-state index contributed by atoms with van der Waals surface area (Å²) >= 11 is 0. The summed E-state index contributed by atoms with van der Waals surface area (Å²) in [7, 11) is 0. The van der Waals surface area contributed by atoms with Gasteiger partial charge >= 0.3 is 0 Å². The third-order valence-corrected chi connectivity index (χ3v) is 6.08. The van der Waals surface area contributed by atoms with Gasteiger partial charge in [0.1, 0.15) is 0 Å². The van der Waals surface area contributed by atoms with Crippen molar-refractivity contribution < 1.29 is 0 Å². The topological polar surface area (TPSA) is 15.3 Å². The van der Waals surface area contributed by atoms with Crippen molar-refractivity contribution in [3.05, 3.63) is 0 Å². The van der Waals surface area contributed by atoms with Gasteiger partial charge in [0.2, 0.25) is 0 Å². The van der Waals surface area contributed by atoms with E-state index in [9.17, 15) is 0 Å². The molecule has 1 atom stereocenters. The Morgan fingerprint density at radius 1 is 1.17 bits per heavy atom. The van der Waals surface area contributed by atoms with E-state index < -0.39 is 0 Å². The molecule has 1 N–H and O–H groups in total. The van der Waals surface area contributed by atoms with Crippen molar-refractivity contribution in [3.8, 4) is 0 Å². The monoisotopic (exact) mass is 252 g/mol. The van der Waals surface area contributed by atoms with Crippen LogP contribution >= 0.6 is 0 Å². The number of hydrogen-bond donors (Lipinski definition) is 1. The van der Waals surface area contributed by atoms with Crippen LogP contribution in [0.2, 0.25) is 0 Å². The van der Waals surface area contributed by atoms with Gasteiger partial charge in [-0.25, -0.2) is 0 Å². The van der Waals surface area contributed by atoms with Gasteiger partial charge < -0.3 is 10.2 Å². The molecule has 2 nitrogen and oxygen atoms in total. The zero-order valence-corrected chi connectivity index (χ0v) is 13.2. The van der Waals surface area contributed by atoms with E-state index in [4.69, 9.17) is 0 Å². The highest BCUT2D eigenvalue weighted by molar-refractivity contribution is 5.13. The van der Waals surface area contributed by atoms with Crippen LogP contribution in [0.3, 0.4) is 0 Å². The molecule has 1 heterocycles. The normalized spacial score (nSPS) is 32.5. The van der Waals surface area contributed by atoms with Crippen molar-refractivity contribution in [1.29, 1.82) is 0 Å². The van der Waals surface area contributed by atoms with Crippen molar-refractivity contribution in [1.82, 2.24) is 10.2 Å². The van der Waals surface area contributed by atoms with E-state index in [2.05, 4.69) is 51.8 Å². The summed E-state index contributed by atoms with van der Waals surface area (Å²) < 4.78 is 0. The van der Waals surface area contributed by atoms with Gasteiger partial charge in [0.05, 0.1) is 0 Å². The van der Waals surface area contributed by atoms with Crippen LogP contribution in [0.5, 0.6) is 0 Å². The minimum atomic E-state index is 0.528. The highest BCUT2D eigenvalue weighted by Crippen LogP contribution is 2.68. The van der Waals surface area contributed by atoms with Crippen LogP contribution < -0.4 is 5.32 Å². The molecule has 0 aromatic rings. The quantitative estimate of drug-likeness (QED) is 0.831. The zero-order chi connectivity index (χ0) is 13.6. The molecule has 0 aromatic heterocycles. The lowest BCUT2D eigenvalue weighted by Gasteiger charge is -2.27. The Balaban J connectivity index is 1.93. The SMILES string of the molecule is CC(C)C1CN(CC2C(C)(C)C2(C)C)CCCN1. The Hall–Kier alpha value is -0.0800. The lowest BCUT2D eigenvalue weighted by Crippen LogP contribution is -2.42. The minimum absolute atomic E-state index is 0.528. The summed E-state index contributed by atoms with van der Waals surface area (Å²) in [6.07, 6.45) is 1.30. The first-order valence-electron chi connectivity index (χ1n) is 7.72. The van der Waals surface area contributed by atoms with E-state index in [1.54, 1.807) is 0 Å². The van der Waals surface area contributed by atoms with Crippen molar-refractivity contribution in [2.24, 2.45) is 22.7 Å². The van der Waals surface area contributed by atoms with Gasteiger partial charge in [-0.15, -0.1) is 0 Å². The Kier molecular flexibility index (Phi) is 3.81. The first-order valence-corrected chi connectivity index (χ1v) is 7.72. The van der Waals surface area contributed by atoms with Crippen LogP contribution in [0.4, 0.5) is 0 Å². The fourth-order valence-corrected chi connectivity index (χ4v) is 3.68. The molecule has 1 saturated carbocycles. The molecule has 1 aliphatic carbocycles. The van der Waals surface area contributed by atoms with E-state index in [1.165, 1.54) is 32.6 Å². The molecule has 0 aromatic carbocycles. The predicted molar refractivity (Wildman–Crippen MR) is 78.7 cm³/mol. The summed E-state index contributed by atoms with van der Waals surface area (Å²) in [4.78, 5) is 2.71. The molecule has 2 heteroatoms. The third kappa shape index (κ3) is 2.46. The maximum atomic E-state index is 3.70. The highest BCUT2D eigenvalue weighted by atomic mass is 15.2. The summed E-state index contributed by atoms with van der Waals surface area (Å²) in [6, 6.07) is 0.678. The van der Waals surface area contributed by atoms with E-state index >= 15 is 0 Å². The number of nitrogens with zero attached hydrogens (tertiary/aromatic N) is 1. The van der Waals surface area contributed by atoms with Crippen LogP contribution in [0.25, 0.3) is 0 Å². The molecule has 0 amide bonds. The second kappa shape index (κ2) is 4.79. The van der Waals surface area contributed by atoms with Crippen LogP contribution in [-0.4, -0.2) is 37.1 Å². The number of hydrogen-bond acceptors (Lipinski definition) is 2. The average Bonchev–Trinajstić information content (AvgIpc) is 2.77. The molecule has 1 saturated heterocycles. The molecule has 0 bridgehead atoms. The highest BCUT2D eigenvalue weighted by Gasteiger charge is 2.64. The van der Waals surface area contributed by atoms with Gasteiger partial charge in [-0.3, -0.25) is 0 Å². The van der Waals surface area contributed by atoms with Crippen molar-refractivity contribution in [2.45, 2.75) is 54.0 Å². The summed E-state index contributed by atoms with van der Waals surface area (Å²) in [6.45, 7) is 19.4. The molecule has 1 unspecified atom stereocenters. The first kappa shape index (κ1) is 14.3. The van der Waals surface area contributed by atoms with Crippen molar-refractivity contribution in [3.63, 3.8) is 0 Å². The van der Waals surface area contributed by atoms with E-state index in [0.717, 1.165) is 11.8 Å². The molecule has 2 fully saturated rings. The lowest BCUT2D eigenvalue weighted by molar-refractivity contribution is 0.224. The smallest absolute Gasteiger partial charge is 0.0217 e. The number of nitrogens with one attached hydrogen (secondary N) is 1.